The monoisotopic (exact) mass is 523 g/mol. The van der Waals surface area contributed by atoms with Crippen molar-refractivity contribution in [3.05, 3.63) is 71.3 Å². The SMILES string of the molecule is COc1ccc(C=Cc2cc(OC)c(OC)c(OC)c2)cc1NS(=O)(=O)c1cccc(C(F)(F)F)c1. The zero-order valence-corrected chi connectivity index (χ0v) is 20.7. The van der Waals surface area contributed by atoms with Crippen molar-refractivity contribution in [3.63, 3.8) is 0 Å². The van der Waals surface area contributed by atoms with Gasteiger partial charge in [0.15, 0.2) is 11.5 Å². The van der Waals surface area contributed by atoms with Gasteiger partial charge in [-0.1, -0.05) is 24.3 Å². The van der Waals surface area contributed by atoms with Crippen LogP contribution in [0.25, 0.3) is 12.2 Å². The first-order valence-electron chi connectivity index (χ1n) is 10.4. The van der Waals surface area contributed by atoms with E-state index in [1.54, 1.807) is 36.4 Å². The second kappa shape index (κ2) is 10.8. The molecule has 0 aromatic heterocycles. The third kappa shape index (κ3) is 6.03. The number of alkyl halides is 3. The summed E-state index contributed by atoms with van der Waals surface area (Å²) in [4.78, 5) is -0.530. The molecular formula is C25H24F3NO6S. The molecule has 0 atom stereocenters. The molecule has 3 aromatic rings. The maximum absolute atomic E-state index is 13.1. The molecule has 3 rings (SSSR count). The van der Waals surface area contributed by atoms with Crippen molar-refractivity contribution in [3.8, 4) is 23.0 Å². The Balaban J connectivity index is 1.94. The van der Waals surface area contributed by atoms with E-state index < -0.39 is 26.7 Å². The first-order chi connectivity index (χ1) is 17.0. The van der Waals surface area contributed by atoms with Gasteiger partial charge in [-0.15, -0.1) is 0 Å². The molecule has 0 saturated heterocycles. The molecule has 3 aromatic carbocycles. The molecule has 0 aliphatic heterocycles. The number of hydrogen-bond acceptors (Lipinski definition) is 6. The molecule has 0 bridgehead atoms. The van der Waals surface area contributed by atoms with Gasteiger partial charge < -0.3 is 18.9 Å². The van der Waals surface area contributed by atoms with Gasteiger partial charge in [-0.05, 0) is 53.6 Å². The number of ether oxygens (including phenoxy) is 4. The topological polar surface area (TPSA) is 83.1 Å². The number of nitrogens with one attached hydrogen (secondary N) is 1. The first-order valence-corrected chi connectivity index (χ1v) is 11.9. The molecule has 0 saturated carbocycles. The predicted octanol–water partition coefficient (Wildman–Crippen LogP) is 5.71. The maximum atomic E-state index is 13.1. The van der Waals surface area contributed by atoms with E-state index in [4.69, 9.17) is 18.9 Å². The fourth-order valence-corrected chi connectivity index (χ4v) is 4.45. The van der Waals surface area contributed by atoms with Crippen molar-refractivity contribution in [2.75, 3.05) is 33.2 Å². The van der Waals surface area contributed by atoms with Crippen molar-refractivity contribution in [2.24, 2.45) is 0 Å². The molecule has 192 valence electrons. The lowest BCUT2D eigenvalue weighted by Crippen LogP contribution is -2.15. The molecule has 0 unspecified atom stereocenters. The normalized spacial score (nSPS) is 11.9. The van der Waals surface area contributed by atoms with Crippen molar-refractivity contribution in [2.45, 2.75) is 11.1 Å². The summed E-state index contributed by atoms with van der Waals surface area (Å²) in [6.45, 7) is 0. The Labute approximate surface area is 207 Å². The van der Waals surface area contributed by atoms with E-state index in [1.807, 2.05) is 0 Å². The fraction of sp³-hybridized carbons (Fsp3) is 0.200. The highest BCUT2D eigenvalue weighted by Crippen LogP contribution is 2.39. The minimum Gasteiger partial charge on any atom is -0.495 e. The zero-order valence-electron chi connectivity index (χ0n) is 19.8. The molecule has 0 heterocycles. The van der Waals surface area contributed by atoms with Gasteiger partial charge >= 0.3 is 6.18 Å². The van der Waals surface area contributed by atoms with E-state index in [-0.39, 0.29) is 11.4 Å². The molecule has 0 radical (unpaired) electrons. The van der Waals surface area contributed by atoms with E-state index >= 15 is 0 Å². The summed E-state index contributed by atoms with van der Waals surface area (Å²) in [5.41, 5.74) is 0.291. The van der Waals surface area contributed by atoms with Crippen LogP contribution in [-0.2, 0) is 16.2 Å². The molecule has 0 fully saturated rings. The van der Waals surface area contributed by atoms with Crippen LogP contribution in [0.2, 0.25) is 0 Å². The number of anilines is 1. The van der Waals surface area contributed by atoms with Gasteiger partial charge in [-0.3, -0.25) is 4.72 Å². The molecule has 36 heavy (non-hydrogen) atoms. The highest BCUT2D eigenvalue weighted by Gasteiger charge is 2.31. The van der Waals surface area contributed by atoms with E-state index in [2.05, 4.69) is 4.72 Å². The van der Waals surface area contributed by atoms with Crippen LogP contribution in [0.5, 0.6) is 23.0 Å². The lowest BCUT2D eigenvalue weighted by molar-refractivity contribution is -0.137. The Morgan fingerprint density at radius 1 is 0.750 bits per heavy atom. The number of methoxy groups -OCH3 is 4. The van der Waals surface area contributed by atoms with Crippen LogP contribution >= 0.6 is 0 Å². The van der Waals surface area contributed by atoms with Gasteiger partial charge in [0.05, 0.1) is 44.6 Å². The van der Waals surface area contributed by atoms with Crippen LogP contribution in [-0.4, -0.2) is 36.9 Å². The van der Waals surface area contributed by atoms with Gasteiger partial charge in [-0.2, -0.15) is 13.2 Å². The van der Waals surface area contributed by atoms with Crippen LogP contribution < -0.4 is 23.7 Å². The Morgan fingerprint density at radius 2 is 1.36 bits per heavy atom. The maximum Gasteiger partial charge on any atom is 0.416 e. The third-order valence-corrected chi connectivity index (χ3v) is 6.46. The number of rotatable bonds is 9. The van der Waals surface area contributed by atoms with Crippen LogP contribution in [0, 0.1) is 0 Å². The Bertz CT molecular complexity index is 1350. The molecule has 0 aliphatic rings. The summed E-state index contributed by atoms with van der Waals surface area (Å²) >= 11 is 0. The average molecular weight is 524 g/mol. The number of sulfonamides is 1. The van der Waals surface area contributed by atoms with E-state index in [0.29, 0.717) is 34.4 Å². The van der Waals surface area contributed by atoms with Gasteiger partial charge in [-0.25, -0.2) is 8.42 Å². The highest BCUT2D eigenvalue weighted by molar-refractivity contribution is 7.92. The van der Waals surface area contributed by atoms with Gasteiger partial charge in [0.2, 0.25) is 5.75 Å². The number of benzene rings is 3. The average Bonchev–Trinajstić information content (AvgIpc) is 2.86. The van der Waals surface area contributed by atoms with Crippen LogP contribution in [0.1, 0.15) is 16.7 Å². The second-order valence-corrected chi connectivity index (χ2v) is 9.07. The highest BCUT2D eigenvalue weighted by atomic mass is 32.2. The van der Waals surface area contributed by atoms with Crippen LogP contribution in [0.15, 0.2) is 59.5 Å². The molecule has 0 aliphatic carbocycles. The van der Waals surface area contributed by atoms with Crippen molar-refractivity contribution in [1.82, 2.24) is 0 Å². The van der Waals surface area contributed by atoms with E-state index in [0.717, 1.165) is 18.2 Å². The molecular weight excluding hydrogens is 499 g/mol. The summed E-state index contributed by atoms with van der Waals surface area (Å²) in [6.07, 6.45) is -1.22. The molecule has 1 N–H and O–H groups in total. The molecule has 0 amide bonds. The molecule has 11 heteroatoms. The Hall–Kier alpha value is -3.86. The second-order valence-electron chi connectivity index (χ2n) is 7.38. The summed E-state index contributed by atoms with van der Waals surface area (Å²) in [5.74, 6) is 1.55. The summed E-state index contributed by atoms with van der Waals surface area (Å²) in [5, 5.41) is 0. The lowest BCUT2D eigenvalue weighted by Gasteiger charge is -2.14. The summed E-state index contributed by atoms with van der Waals surface area (Å²) in [7, 11) is 1.50. The minimum atomic E-state index is -4.68. The summed E-state index contributed by atoms with van der Waals surface area (Å²) < 4.78 is 88.4. The molecule has 7 nitrogen and oxygen atoms in total. The van der Waals surface area contributed by atoms with Gasteiger partial charge in [0.1, 0.15) is 5.75 Å². The standard InChI is InChI=1S/C25H24F3NO6S/c1-32-21-11-10-16(8-9-17-13-22(33-2)24(35-4)23(14-17)34-3)12-20(21)29-36(30,31)19-7-5-6-18(15-19)25(26,27)28/h5-15,29H,1-4H3. The Kier molecular flexibility index (Phi) is 8.03. The van der Waals surface area contributed by atoms with E-state index in [1.165, 1.54) is 34.5 Å². The quantitative estimate of drug-likeness (QED) is 0.362. The third-order valence-electron chi connectivity index (χ3n) is 5.09. The number of halogens is 3. The van der Waals surface area contributed by atoms with Crippen molar-refractivity contribution < 1.29 is 40.5 Å². The van der Waals surface area contributed by atoms with Crippen LogP contribution in [0.4, 0.5) is 18.9 Å². The molecule has 0 spiro atoms. The minimum absolute atomic E-state index is 0.0574. The van der Waals surface area contributed by atoms with Gasteiger partial charge in [0.25, 0.3) is 10.0 Å². The van der Waals surface area contributed by atoms with Gasteiger partial charge in [0, 0.05) is 0 Å². The first kappa shape index (κ1) is 26.7. The van der Waals surface area contributed by atoms with Crippen molar-refractivity contribution >= 4 is 27.9 Å². The fourth-order valence-electron chi connectivity index (χ4n) is 3.34. The largest absolute Gasteiger partial charge is 0.495 e. The van der Waals surface area contributed by atoms with Crippen LogP contribution in [0.3, 0.4) is 0 Å². The Morgan fingerprint density at radius 3 is 1.92 bits per heavy atom. The summed E-state index contributed by atoms with van der Waals surface area (Å²) in [6, 6.07) is 11.7. The number of hydrogen-bond donors (Lipinski definition) is 1. The van der Waals surface area contributed by atoms with Crippen molar-refractivity contribution in [1.29, 1.82) is 0 Å². The zero-order chi connectivity index (χ0) is 26.5. The smallest absolute Gasteiger partial charge is 0.416 e. The van der Waals surface area contributed by atoms with E-state index in [9.17, 15) is 21.6 Å². The predicted molar refractivity (Wildman–Crippen MR) is 130 cm³/mol. The lowest BCUT2D eigenvalue weighted by atomic mass is 10.1.